The van der Waals surface area contributed by atoms with Crippen LogP contribution in [0.5, 0.6) is 5.75 Å². The Morgan fingerprint density at radius 2 is 1.65 bits per heavy atom. The molecular formula is C34H41N3O6. The van der Waals surface area contributed by atoms with Gasteiger partial charge in [0.2, 0.25) is 11.8 Å². The second-order valence-electron chi connectivity index (χ2n) is 11.5. The van der Waals surface area contributed by atoms with Crippen LogP contribution in [-0.4, -0.2) is 78.3 Å². The lowest BCUT2D eigenvalue weighted by Crippen LogP contribution is -2.56. The maximum absolute atomic E-state index is 14.7. The van der Waals surface area contributed by atoms with Gasteiger partial charge in [-0.3, -0.25) is 14.4 Å². The maximum Gasteiger partial charge on any atom is 0.253 e. The number of amides is 3. The highest BCUT2D eigenvalue weighted by molar-refractivity contribution is 6.06. The van der Waals surface area contributed by atoms with Gasteiger partial charge in [0.05, 0.1) is 24.5 Å². The highest BCUT2D eigenvalue weighted by Crippen LogP contribution is 2.64. The number of ether oxygens (including phenoxy) is 2. The van der Waals surface area contributed by atoms with Gasteiger partial charge < -0.3 is 29.3 Å². The van der Waals surface area contributed by atoms with Gasteiger partial charge in [-0.25, -0.2) is 0 Å². The van der Waals surface area contributed by atoms with Crippen LogP contribution in [0.4, 0.5) is 11.4 Å². The third-order valence-electron chi connectivity index (χ3n) is 9.35. The minimum absolute atomic E-state index is 0.138. The monoisotopic (exact) mass is 587 g/mol. The fraction of sp³-hybridized carbons (Fsp3) is 0.441. The number of aliphatic hydroxyl groups excluding tert-OH is 1. The molecule has 5 rings (SSSR count). The van der Waals surface area contributed by atoms with Crippen LogP contribution in [0.3, 0.4) is 0 Å². The minimum atomic E-state index is -1.18. The number of fused-ring (bicyclic) bond motifs is 1. The van der Waals surface area contributed by atoms with E-state index in [0.717, 1.165) is 0 Å². The van der Waals surface area contributed by atoms with Gasteiger partial charge in [-0.15, -0.1) is 13.2 Å². The summed E-state index contributed by atoms with van der Waals surface area (Å²) in [5.74, 6) is -1.74. The first-order chi connectivity index (χ1) is 20.8. The van der Waals surface area contributed by atoms with Crippen LogP contribution in [0, 0.1) is 11.8 Å². The summed E-state index contributed by atoms with van der Waals surface area (Å²) in [4.78, 5) is 48.5. The number of anilines is 2. The molecule has 0 radical (unpaired) electrons. The smallest absolute Gasteiger partial charge is 0.253 e. The van der Waals surface area contributed by atoms with Gasteiger partial charge in [0.15, 0.2) is 0 Å². The molecule has 2 bridgehead atoms. The Morgan fingerprint density at radius 1 is 1.02 bits per heavy atom. The Bertz CT molecular complexity index is 1360. The molecular weight excluding hydrogens is 546 g/mol. The van der Waals surface area contributed by atoms with Crippen molar-refractivity contribution >= 4 is 29.1 Å². The summed E-state index contributed by atoms with van der Waals surface area (Å²) in [6.45, 7) is 10.2. The van der Waals surface area contributed by atoms with Gasteiger partial charge >= 0.3 is 0 Å². The van der Waals surface area contributed by atoms with Crippen molar-refractivity contribution in [2.45, 2.75) is 49.9 Å². The zero-order valence-electron chi connectivity index (χ0n) is 25.0. The van der Waals surface area contributed by atoms with Gasteiger partial charge in [0, 0.05) is 37.6 Å². The summed E-state index contributed by atoms with van der Waals surface area (Å²) < 4.78 is 12.2. The number of methoxy groups -OCH3 is 1. The number of rotatable bonds is 13. The summed E-state index contributed by atoms with van der Waals surface area (Å²) in [7, 11) is 1.58. The van der Waals surface area contributed by atoms with Gasteiger partial charge in [-0.1, -0.05) is 37.3 Å². The van der Waals surface area contributed by atoms with Gasteiger partial charge in [-0.2, -0.15) is 0 Å². The van der Waals surface area contributed by atoms with E-state index in [1.54, 1.807) is 58.2 Å². The van der Waals surface area contributed by atoms with Crippen molar-refractivity contribution in [3.05, 3.63) is 79.9 Å². The van der Waals surface area contributed by atoms with Crippen molar-refractivity contribution in [1.29, 1.82) is 0 Å². The van der Waals surface area contributed by atoms with E-state index in [1.807, 2.05) is 37.3 Å². The van der Waals surface area contributed by atoms with Crippen LogP contribution in [0.2, 0.25) is 0 Å². The molecule has 2 aromatic carbocycles. The summed E-state index contributed by atoms with van der Waals surface area (Å²) in [5, 5.41) is 9.71. The molecule has 0 aliphatic carbocycles. The maximum atomic E-state index is 14.7. The first-order valence-electron chi connectivity index (χ1n) is 15.0. The third-order valence-corrected chi connectivity index (χ3v) is 9.35. The lowest BCUT2D eigenvalue weighted by molar-refractivity contribution is -0.146. The average molecular weight is 588 g/mol. The SMILES string of the molecule is C=CCN(C(=O)C1N(CCCO)C(=O)[C@@H]2[C@H](C(=O)N(CC=C)c3ccccc3)[C@]3(CC)CCC12O3)c1ccc(OC)cc1. The van der Waals surface area contributed by atoms with Crippen molar-refractivity contribution in [3.8, 4) is 5.75 Å². The number of aliphatic hydroxyl groups is 1. The van der Waals surface area contributed by atoms with E-state index in [-0.39, 0.29) is 44.0 Å². The molecule has 3 heterocycles. The first-order valence-corrected chi connectivity index (χ1v) is 15.0. The van der Waals surface area contributed by atoms with Gasteiger partial charge in [-0.05, 0) is 62.1 Å². The number of likely N-dealkylation sites (tertiary alicyclic amines) is 1. The molecule has 1 N–H and O–H groups in total. The zero-order valence-corrected chi connectivity index (χ0v) is 25.0. The van der Waals surface area contributed by atoms with Crippen molar-refractivity contribution in [2.24, 2.45) is 11.8 Å². The van der Waals surface area contributed by atoms with Crippen LogP contribution < -0.4 is 14.5 Å². The Hall–Kier alpha value is -3.95. The fourth-order valence-corrected chi connectivity index (χ4v) is 7.44. The van der Waals surface area contributed by atoms with Crippen LogP contribution in [0.1, 0.15) is 32.6 Å². The third kappa shape index (κ3) is 4.94. The van der Waals surface area contributed by atoms with E-state index < -0.39 is 29.1 Å². The molecule has 3 amide bonds. The Balaban J connectivity index is 1.60. The van der Waals surface area contributed by atoms with E-state index in [1.165, 1.54) is 0 Å². The molecule has 0 aromatic heterocycles. The molecule has 2 unspecified atom stereocenters. The molecule has 9 heteroatoms. The van der Waals surface area contributed by atoms with E-state index in [0.29, 0.717) is 42.8 Å². The topological polar surface area (TPSA) is 99.6 Å². The standard InChI is InChI=1S/C34H41N3O6/c1-5-20-35(24-12-9-8-10-13-24)30(39)27-28-31(40)37(22-11-23-38)29(34(28)19-18-33(27,7-3)43-34)32(41)36(21-6-2)25-14-16-26(42-4)17-15-25/h5-6,8-10,12-17,27-29,38H,1-2,7,11,18-23H2,3-4H3/t27-,28+,29?,33+,34?/m1/s1. The highest BCUT2D eigenvalue weighted by atomic mass is 16.5. The van der Waals surface area contributed by atoms with Crippen LogP contribution in [0.25, 0.3) is 0 Å². The molecule has 5 atom stereocenters. The molecule has 3 saturated heterocycles. The van der Waals surface area contributed by atoms with Crippen LogP contribution >= 0.6 is 0 Å². The molecule has 43 heavy (non-hydrogen) atoms. The van der Waals surface area contributed by atoms with Gasteiger partial charge in [0.1, 0.15) is 17.4 Å². The second kappa shape index (κ2) is 12.3. The van der Waals surface area contributed by atoms with Crippen molar-refractivity contribution in [1.82, 2.24) is 4.90 Å². The fourth-order valence-electron chi connectivity index (χ4n) is 7.44. The summed E-state index contributed by atoms with van der Waals surface area (Å²) in [6.07, 6.45) is 5.18. The van der Waals surface area contributed by atoms with E-state index in [9.17, 15) is 19.5 Å². The van der Waals surface area contributed by atoms with E-state index in [4.69, 9.17) is 9.47 Å². The van der Waals surface area contributed by atoms with Crippen molar-refractivity contribution in [2.75, 3.05) is 43.2 Å². The largest absolute Gasteiger partial charge is 0.497 e. The normalized spacial score (nSPS) is 27.1. The van der Waals surface area contributed by atoms with E-state index >= 15 is 0 Å². The second-order valence-corrected chi connectivity index (χ2v) is 11.5. The van der Waals surface area contributed by atoms with Crippen LogP contribution in [0.15, 0.2) is 79.9 Å². The van der Waals surface area contributed by atoms with E-state index in [2.05, 4.69) is 13.2 Å². The summed E-state index contributed by atoms with van der Waals surface area (Å²) >= 11 is 0. The number of carbonyl (C=O) groups is 3. The Kier molecular flexibility index (Phi) is 8.76. The van der Waals surface area contributed by atoms with Gasteiger partial charge in [0.25, 0.3) is 5.91 Å². The molecule has 9 nitrogen and oxygen atoms in total. The number of hydrogen-bond donors (Lipinski definition) is 1. The first kappa shape index (κ1) is 30.5. The predicted molar refractivity (Wildman–Crippen MR) is 165 cm³/mol. The molecule has 1 spiro atoms. The lowest BCUT2D eigenvalue weighted by atomic mass is 9.64. The van der Waals surface area contributed by atoms with Crippen LogP contribution in [-0.2, 0) is 19.1 Å². The Labute approximate surface area is 253 Å². The molecule has 0 saturated carbocycles. The molecule has 3 aliphatic rings. The summed E-state index contributed by atoms with van der Waals surface area (Å²) in [6, 6.07) is 15.5. The number of para-hydroxylation sites is 1. The van der Waals surface area contributed by atoms with Crippen molar-refractivity contribution < 1.29 is 29.0 Å². The Morgan fingerprint density at radius 3 is 2.23 bits per heavy atom. The molecule has 2 aromatic rings. The summed E-state index contributed by atoms with van der Waals surface area (Å²) in [5.41, 5.74) is -0.715. The number of carbonyl (C=O) groups excluding carboxylic acids is 3. The number of hydrogen-bond acceptors (Lipinski definition) is 6. The number of benzene rings is 2. The molecule has 3 fully saturated rings. The molecule has 3 aliphatic heterocycles. The quantitative estimate of drug-likeness (QED) is 0.356. The highest BCUT2D eigenvalue weighted by Gasteiger charge is 2.79. The zero-order chi connectivity index (χ0) is 30.8. The molecule has 228 valence electrons. The number of nitrogens with zero attached hydrogens (tertiary/aromatic N) is 3. The predicted octanol–water partition coefficient (Wildman–Crippen LogP) is 3.97. The minimum Gasteiger partial charge on any atom is -0.497 e. The lowest BCUT2D eigenvalue weighted by Gasteiger charge is -2.37. The van der Waals surface area contributed by atoms with Crippen molar-refractivity contribution in [3.63, 3.8) is 0 Å². The average Bonchev–Trinajstić information content (AvgIpc) is 3.64.